The maximum absolute atomic E-state index is 11.8. The second kappa shape index (κ2) is 8.19. The van der Waals surface area contributed by atoms with Crippen molar-refractivity contribution in [2.24, 2.45) is 0 Å². The van der Waals surface area contributed by atoms with E-state index in [1.165, 1.54) is 6.33 Å². The molecule has 116 valence electrons. The molecule has 6 nitrogen and oxygen atoms in total. The third-order valence-electron chi connectivity index (χ3n) is 3.03. The second-order valence-electron chi connectivity index (χ2n) is 4.58. The van der Waals surface area contributed by atoms with Crippen LogP contribution in [0.3, 0.4) is 0 Å². The highest BCUT2D eigenvalue weighted by Gasteiger charge is 2.08. The molecule has 0 unspecified atom stereocenters. The lowest BCUT2D eigenvalue weighted by molar-refractivity contribution is -0.121. The number of amides is 1. The fraction of sp³-hybridized carbons (Fsp3) is 0.267. The lowest BCUT2D eigenvalue weighted by atomic mass is 10.2. The third kappa shape index (κ3) is 4.60. The lowest BCUT2D eigenvalue weighted by Gasteiger charge is -2.11. The topological polar surface area (TPSA) is 78.9 Å². The molecule has 1 aromatic carbocycles. The van der Waals surface area contributed by atoms with E-state index in [9.17, 15) is 4.79 Å². The van der Waals surface area contributed by atoms with Crippen LogP contribution in [0, 0.1) is 0 Å². The first kappa shape index (κ1) is 16.0. The molecular formula is C15H18ClN5O. The van der Waals surface area contributed by atoms with E-state index in [0.717, 1.165) is 5.56 Å². The van der Waals surface area contributed by atoms with Gasteiger partial charge in [0.15, 0.2) is 11.0 Å². The quantitative estimate of drug-likeness (QED) is 0.682. The second-order valence-corrected chi connectivity index (χ2v) is 4.94. The number of anilines is 2. The van der Waals surface area contributed by atoms with Gasteiger partial charge in [0.1, 0.15) is 12.0 Å². The summed E-state index contributed by atoms with van der Waals surface area (Å²) >= 11 is 5.96. The Balaban J connectivity index is 1.77. The van der Waals surface area contributed by atoms with E-state index in [4.69, 9.17) is 11.6 Å². The van der Waals surface area contributed by atoms with Crippen LogP contribution in [0.4, 0.5) is 11.5 Å². The van der Waals surface area contributed by atoms with Crippen molar-refractivity contribution in [3.63, 3.8) is 0 Å². The Hall–Kier alpha value is -2.34. The molecule has 2 rings (SSSR count). The van der Waals surface area contributed by atoms with Crippen LogP contribution in [0.25, 0.3) is 0 Å². The molecule has 0 spiro atoms. The summed E-state index contributed by atoms with van der Waals surface area (Å²) in [5, 5.41) is 9.22. The van der Waals surface area contributed by atoms with E-state index in [0.29, 0.717) is 36.2 Å². The first-order valence-corrected chi connectivity index (χ1v) is 7.31. The molecule has 0 aliphatic carbocycles. The predicted molar refractivity (Wildman–Crippen MR) is 88.0 cm³/mol. The first-order chi connectivity index (χ1) is 10.7. The number of halogens is 1. The van der Waals surface area contributed by atoms with Gasteiger partial charge < -0.3 is 16.0 Å². The largest absolute Gasteiger partial charge is 0.383 e. The number of carbonyl (C=O) groups excluding carboxylic acids is 1. The molecule has 7 heteroatoms. The monoisotopic (exact) mass is 319 g/mol. The highest BCUT2D eigenvalue weighted by atomic mass is 35.5. The molecule has 0 bridgehead atoms. The number of carbonyl (C=O) groups is 1. The highest BCUT2D eigenvalue weighted by Crippen LogP contribution is 2.24. The van der Waals surface area contributed by atoms with Gasteiger partial charge in [-0.25, -0.2) is 9.97 Å². The molecule has 0 fully saturated rings. The summed E-state index contributed by atoms with van der Waals surface area (Å²) in [6.07, 6.45) is 1.72. The van der Waals surface area contributed by atoms with Crippen molar-refractivity contribution in [1.29, 1.82) is 0 Å². The minimum absolute atomic E-state index is 0.0255. The van der Waals surface area contributed by atoms with Crippen LogP contribution in [0.5, 0.6) is 0 Å². The van der Waals surface area contributed by atoms with E-state index >= 15 is 0 Å². The molecular weight excluding hydrogens is 302 g/mol. The number of benzene rings is 1. The number of nitrogens with one attached hydrogen (secondary N) is 3. The smallest absolute Gasteiger partial charge is 0.222 e. The van der Waals surface area contributed by atoms with Crippen LogP contribution in [0.2, 0.25) is 5.15 Å². The van der Waals surface area contributed by atoms with Crippen molar-refractivity contribution in [3.05, 3.63) is 47.4 Å². The van der Waals surface area contributed by atoms with Crippen molar-refractivity contribution >= 4 is 29.0 Å². The highest BCUT2D eigenvalue weighted by molar-refractivity contribution is 6.32. The average molecular weight is 320 g/mol. The number of rotatable bonds is 7. The van der Waals surface area contributed by atoms with Crippen molar-refractivity contribution < 1.29 is 4.79 Å². The minimum atomic E-state index is -0.0255. The summed E-state index contributed by atoms with van der Waals surface area (Å²) in [5.41, 5.74) is 1.69. The fourth-order valence-corrected chi connectivity index (χ4v) is 2.13. The van der Waals surface area contributed by atoms with Gasteiger partial charge in [0.05, 0.1) is 0 Å². The SMILES string of the molecule is CNc1c(Cl)ncnc1NCCC(=O)NCc1ccccc1. The molecule has 1 amide bonds. The zero-order valence-electron chi connectivity index (χ0n) is 12.3. The normalized spacial score (nSPS) is 10.1. The zero-order chi connectivity index (χ0) is 15.8. The Morgan fingerprint density at radius 3 is 2.73 bits per heavy atom. The van der Waals surface area contributed by atoms with Gasteiger partial charge in [-0.1, -0.05) is 41.9 Å². The maximum atomic E-state index is 11.8. The van der Waals surface area contributed by atoms with Crippen LogP contribution in [0.15, 0.2) is 36.7 Å². The molecule has 0 saturated carbocycles. The van der Waals surface area contributed by atoms with Crippen LogP contribution in [0.1, 0.15) is 12.0 Å². The minimum Gasteiger partial charge on any atom is -0.383 e. The van der Waals surface area contributed by atoms with E-state index in [1.807, 2.05) is 30.3 Å². The van der Waals surface area contributed by atoms with Gasteiger partial charge in [-0.3, -0.25) is 4.79 Å². The summed E-state index contributed by atoms with van der Waals surface area (Å²) in [4.78, 5) is 19.8. The molecule has 1 heterocycles. The van der Waals surface area contributed by atoms with E-state index in [-0.39, 0.29) is 5.91 Å². The lowest BCUT2D eigenvalue weighted by Crippen LogP contribution is -2.25. The molecule has 0 aliphatic heterocycles. The molecule has 0 radical (unpaired) electrons. The van der Waals surface area contributed by atoms with Crippen molar-refractivity contribution in [2.75, 3.05) is 24.2 Å². The van der Waals surface area contributed by atoms with Crippen LogP contribution in [-0.2, 0) is 11.3 Å². The van der Waals surface area contributed by atoms with E-state index in [2.05, 4.69) is 25.9 Å². The van der Waals surface area contributed by atoms with Crippen molar-refractivity contribution in [3.8, 4) is 0 Å². The molecule has 3 N–H and O–H groups in total. The standard InChI is InChI=1S/C15H18ClN5O/c1-17-13-14(16)20-10-21-15(13)18-8-7-12(22)19-9-11-5-3-2-4-6-11/h2-6,10,17H,7-9H2,1H3,(H,19,22)(H,18,20,21). The Bertz CT molecular complexity index is 621. The summed E-state index contributed by atoms with van der Waals surface area (Å²) in [5.74, 6) is 0.556. The third-order valence-corrected chi connectivity index (χ3v) is 3.31. The molecule has 22 heavy (non-hydrogen) atoms. The van der Waals surface area contributed by atoms with Gasteiger partial charge in [0, 0.05) is 26.6 Å². The van der Waals surface area contributed by atoms with Crippen LogP contribution in [-0.4, -0.2) is 29.5 Å². The van der Waals surface area contributed by atoms with Gasteiger partial charge >= 0.3 is 0 Å². The first-order valence-electron chi connectivity index (χ1n) is 6.93. The molecule has 0 saturated heterocycles. The predicted octanol–water partition coefficient (Wildman–Crippen LogP) is 2.29. The Labute approximate surface area is 134 Å². The van der Waals surface area contributed by atoms with E-state index < -0.39 is 0 Å². The number of hydrogen-bond acceptors (Lipinski definition) is 5. The van der Waals surface area contributed by atoms with Crippen molar-refractivity contribution in [2.45, 2.75) is 13.0 Å². The number of aromatic nitrogens is 2. The molecule has 2 aromatic rings. The fourth-order valence-electron chi connectivity index (χ4n) is 1.90. The average Bonchev–Trinajstić information content (AvgIpc) is 2.54. The van der Waals surface area contributed by atoms with Gasteiger partial charge in [-0.05, 0) is 5.56 Å². The van der Waals surface area contributed by atoms with Crippen LogP contribution >= 0.6 is 11.6 Å². The Morgan fingerprint density at radius 1 is 1.23 bits per heavy atom. The summed E-state index contributed by atoms with van der Waals surface area (Å²) in [6.45, 7) is 0.990. The summed E-state index contributed by atoms with van der Waals surface area (Å²) in [7, 11) is 1.74. The maximum Gasteiger partial charge on any atom is 0.222 e. The van der Waals surface area contributed by atoms with Gasteiger partial charge in [0.2, 0.25) is 5.91 Å². The molecule has 1 aromatic heterocycles. The molecule has 0 aliphatic rings. The zero-order valence-corrected chi connectivity index (χ0v) is 13.0. The van der Waals surface area contributed by atoms with Gasteiger partial charge in [0.25, 0.3) is 0 Å². The summed E-state index contributed by atoms with van der Waals surface area (Å²) in [6, 6.07) is 9.78. The van der Waals surface area contributed by atoms with Crippen molar-refractivity contribution in [1.82, 2.24) is 15.3 Å². The number of nitrogens with zero attached hydrogens (tertiary/aromatic N) is 2. The van der Waals surface area contributed by atoms with Gasteiger partial charge in [-0.15, -0.1) is 0 Å². The Kier molecular flexibility index (Phi) is 5.97. The van der Waals surface area contributed by atoms with E-state index in [1.54, 1.807) is 7.05 Å². The van der Waals surface area contributed by atoms with Gasteiger partial charge in [-0.2, -0.15) is 0 Å². The Morgan fingerprint density at radius 2 is 2.00 bits per heavy atom. The summed E-state index contributed by atoms with van der Waals surface area (Å²) < 4.78 is 0. The molecule has 0 atom stereocenters. The van der Waals surface area contributed by atoms with Crippen LogP contribution < -0.4 is 16.0 Å². The number of hydrogen-bond donors (Lipinski definition) is 3.